The summed E-state index contributed by atoms with van der Waals surface area (Å²) in [6, 6.07) is 6.41. The van der Waals surface area contributed by atoms with Crippen LogP contribution in [-0.2, 0) is 14.8 Å². The van der Waals surface area contributed by atoms with Gasteiger partial charge in [0.15, 0.2) is 0 Å². The Hall–Kier alpha value is -2.11. The summed E-state index contributed by atoms with van der Waals surface area (Å²) < 4.78 is 40.4. The first kappa shape index (κ1) is 18.7. The van der Waals surface area contributed by atoms with Crippen molar-refractivity contribution in [3.05, 3.63) is 30.1 Å². The molecular formula is C15H18FN5O3S2. The molecule has 1 aliphatic rings. The summed E-state index contributed by atoms with van der Waals surface area (Å²) in [6.07, 6.45) is 0.264. The Balaban J connectivity index is 1.68. The summed E-state index contributed by atoms with van der Waals surface area (Å²) >= 11 is 0.819. The highest BCUT2D eigenvalue weighted by atomic mass is 32.2. The number of nitrogens with zero attached hydrogens (tertiary/aromatic N) is 4. The van der Waals surface area contributed by atoms with E-state index in [0.717, 1.165) is 11.3 Å². The third-order valence-electron chi connectivity index (χ3n) is 3.97. The van der Waals surface area contributed by atoms with Crippen molar-refractivity contribution in [3.63, 3.8) is 0 Å². The molecule has 140 valence electrons. The van der Waals surface area contributed by atoms with Crippen molar-refractivity contribution >= 4 is 38.1 Å². The van der Waals surface area contributed by atoms with Gasteiger partial charge >= 0.3 is 0 Å². The number of para-hydroxylation sites is 1. The van der Waals surface area contributed by atoms with Crippen molar-refractivity contribution in [2.24, 2.45) is 0 Å². The zero-order valence-corrected chi connectivity index (χ0v) is 15.7. The average molecular weight is 399 g/mol. The van der Waals surface area contributed by atoms with E-state index < -0.39 is 10.0 Å². The second kappa shape index (κ2) is 7.64. The fraction of sp³-hybridized carbons (Fsp3) is 0.400. The molecule has 1 fully saturated rings. The SMILES string of the molecule is CCC(=O)Nc1nnc(S(=O)(=O)N2CCN(c3ccccc3F)CC2)s1. The van der Waals surface area contributed by atoms with Gasteiger partial charge in [0.1, 0.15) is 5.82 Å². The normalized spacial score (nSPS) is 15.8. The Kier molecular flexibility index (Phi) is 5.49. The third-order valence-corrected chi connectivity index (χ3v) is 7.05. The second-order valence-electron chi connectivity index (χ2n) is 5.62. The summed E-state index contributed by atoms with van der Waals surface area (Å²) in [7, 11) is -3.79. The van der Waals surface area contributed by atoms with E-state index in [1.165, 1.54) is 10.4 Å². The van der Waals surface area contributed by atoms with E-state index in [4.69, 9.17) is 0 Å². The lowest BCUT2D eigenvalue weighted by atomic mass is 10.2. The number of piperazine rings is 1. The molecule has 8 nitrogen and oxygen atoms in total. The number of benzene rings is 1. The minimum atomic E-state index is -3.79. The van der Waals surface area contributed by atoms with E-state index in [1.54, 1.807) is 25.1 Å². The van der Waals surface area contributed by atoms with Gasteiger partial charge in [-0.2, -0.15) is 4.31 Å². The topological polar surface area (TPSA) is 95.5 Å². The van der Waals surface area contributed by atoms with E-state index in [1.807, 2.05) is 4.90 Å². The molecule has 1 aromatic heterocycles. The van der Waals surface area contributed by atoms with Gasteiger partial charge < -0.3 is 10.2 Å². The van der Waals surface area contributed by atoms with Crippen LogP contribution in [0.15, 0.2) is 28.6 Å². The van der Waals surface area contributed by atoms with Gasteiger partial charge in [-0.1, -0.05) is 30.4 Å². The molecule has 2 heterocycles. The summed E-state index contributed by atoms with van der Waals surface area (Å²) in [5.74, 6) is -0.590. The molecule has 1 aromatic carbocycles. The predicted octanol–water partition coefficient (Wildman–Crippen LogP) is 1.54. The van der Waals surface area contributed by atoms with Crippen LogP contribution in [0.1, 0.15) is 13.3 Å². The molecule has 2 aromatic rings. The molecule has 1 aliphatic heterocycles. The van der Waals surface area contributed by atoms with Crippen LogP contribution in [0.2, 0.25) is 0 Å². The number of anilines is 2. The van der Waals surface area contributed by atoms with Crippen LogP contribution < -0.4 is 10.2 Å². The molecule has 0 radical (unpaired) electrons. The van der Waals surface area contributed by atoms with Gasteiger partial charge in [-0.25, -0.2) is 12.8 Å². The number of carbonyl (C=O) groups is 1. The van der Waals surface area contributed by atoms with E-state index in [2.05, 4.69) is 15.5 Å². The van der Waals surface area contributed by atoms with Gasteiger partial charge in [0, 0.05) is 32.6 Å². The molecule has 0 bridgehead atoms. The van der Waals surface area contributed by atoms with Gasteiger partial charge in [-0.15, -0.1) is 10.2 Å². The average Bonchev–Trinajstić information content (AvgIpc) is 3.11. The quantitative estimate of drug-likeness (QED) is 0.767. The molecule has 1 amide bonds. The molecule has 11 heteroatoms. The van der Waals surface area contributed by atoms with Crippen LogP contribution >= 0.6 is 11.3 Å². The molecule has 0 unspecified atom stereocenters. The van der Waals surface area contributed by atoms with Crippen LogP contribution in [0.3, 0.4) is 0 Å². The van der Waals surface area contributed by atoms with Gasteiger partial charge in [-0.05, 0) is 12.1 Å². The highest BCUT2D eigenvalue weighted by molar-refractivity contribution is 7.91. The number of nitrogens with one attached hydrogen (secondary N) is 1. The lowest BCUT2D eigenvalue weighted by Gasteiger charge is -2.34. The minimum Gasteiger partial charge on any atom is -0.367 e. The van der Waals surface area contributed by atoms with E-state index in [0.29, 0.717) is 18.8 Å². The molecule has 1 saturated heterocycles. The van der Waals surface area contributed by atoms with E-state index >= 15 is 0 Å². The number of rotatable bonds is 5. The fourth-order valence-electron chi connectivity index (χ4n) is 2.56. The maximum Gasteiger partial charge on any atom is 0.272 e. The molecule has 26 heavy (non-hydrogen) atoms. The summed E-state index contributed by atoms with van der Waals surface area (Å²) in [6.45, 7) is 2.86. The number of sulfonamides is 1. The number of hydrogen-bond donors (Lipinski definition) is 1. The number of halogens is 1. The summed E-state index contributed by atoms with van der Waals surface area (Å²) in [5, 5.41) is 10.1. The Morgan fingerprint density at radius 3 is 2.58 bits per heavy atom. The fourth-order valence-corrected chi connectivity index (χ4v) is 5.04. The first-order valence-electron chi connectivity index (χ1n) is 8.05. The number of hydrogen-bond acceptors (Lipinski definition) is 7. The van der Waals surface area contributed by atoms with Crippen LogP contribution in [0, 0.1) is 5.82 Å². The monoisotopic (exact) mass is 399 g/mol. The van der Waals surface area contributed by atoms with Crippen molar-refractivity contribution in [2.75, 3.05) is 36.4 Å². The molecule has 0 saturated carbocycles. The number of carbonyl (C=O) groups excluding carboxylic acids is 1. The van der Waals surface area contributed by atoms with Gasteiger partial charge in [0.2, 0.25) is 15.4 Å². The van der Waals surface area contributed by atoms with Crippen LogP contribution in [0.25, 0.3) is 0 Å². The lowest BCUT2D eigenvalue weighted by molar-refractivity contribution is -0.115. The largest absolute Gasteiger partial charge is 0.367 e. The Morgan fingerprint density at radius 2 is 1.92 bits per heavy atom. The van der Waals surface area contributed by atoms with Crippen molar-refractivity contribution in [1.82, 2.24) is 14.5 Å². The van der Waals surface area contributed by atoms with Crippen LogP contribution in [-0.4, -0.2) is 55.0 Å². The third kappa shape index (κ3) is 3.84. The molecule has 0 spiro atoms. The van der Waals surface area contributed by atoms with Crippen molar-refractivity contribution in [2.45, 2.75) is 17.7 Å². The molecule has 0 aliphatic carbocycles. The Bertz CT molecular complexity index is 894. The maximum atomic E-state index is 13.9. The van der Waals surface area contributed by atoms with Crippen molar-refractivity contribution in [3.8, 4) is 0 Å². The highest BCUT2D eigenvalue weighted by Crippen LogP contribution is 2.26. The smallest absolute Gasteiger partial charge is 0.272 e. The maximum absolute atomic E-state index is 13.9. The van der Waals surface area contributed by atoms with E-state index in [-0.39, 0.29) is 40.7 Å². The lowest BCUT2D eigenvalue weighted by Crippen LogP contribution is -2.48. The van der Waals surface area contributed by atoms with Gasteiger partial charge in [-0.3, -0.25) is 4.79 Å². The summed E-state index contributed by atoms with van der Waals surface area (Å²) in [4.78, 5) is 13.2. The van der Waals surface area contributed by atoms with Crippen molar-refractivity contribution < 1.29 is 17.6 Å². The zero-order chi connectivity index (χ0) is 18.7. The second-order valence-corrected chi connectivity index (χ2v) is 8.71. The Morgan fingerprint density at radius 1 is 1.23 bits per heavy atom. The minimum absolute atomic E-state index is 0.153. The zero-order valence-electron chi connectivity index (χ0n) is 14.1. The Labute approximate surface area is 154 Å². The molecular weight excluding hydrogens is 381 g/mol. The first-order chi connectivity index (χ1) is 12.4. The van der Waals surface area contributed by atoms with Crippen LogP contribution in [0.5, 0.6) is 0 Å². The molecule has 0 atom stereocenters. The van der Waals surface area contributed by atoms with Crippen LogP contribution in [0.4, 0.5) is 15.2 Å². The molecule has 1 N–H and O–H groups in total. The van der Waals surface area contributed by atoms with E-state index in [9.17, 15) is 17.6 Å². The van der Waals surface area contributed by atoms with Crippen molar-refractivity contribution in [1.29, 1.82) is 0 Å². The summed E-state index contributed by atoms with van der Waals surface area (Å²) in [5.41, 5.74) is 0.463. The van der Waals surface area contributed by atoms with Gasteiger partial charge in [0.25, 0.3) is 10.0 Å². The van der Waals surface area contributed by atoms with Gasteiger partial charge in [0.05, 0.1) is 5.69 Å². The first-order valence-corrected chi connectivity index (χ1v) is 10.3. The predicted molar refractivity (Wildman–Crippen MR) is 96.2 cm³/mol. The molecule has 3 rings (SSSR count). The number of aromatic nitrogens is 2. The number of amides is 1. The standard InChI is InChI=1S/C15H18FN5O3S2/c1-2-13(22)17-14-18-19-15(25-14)26(23,24)21-9-7-20(8-10-21)12-6-4-3-5-11(12)16/h3-6H,2,7-10H2,1H3,(H,17,18,22). The highest BCUT2D eigenvalue weighted by Gasteiger charge is 2.32.